The summed E-state index contributed by atoms with van der Waals surface area (Å²) < 4.78 is 5.68. The molecule has 5 heteroatoms. The van der Waals surface area contributed by atoms with Gasteiger partial charge in [0.25, 0.3) is 5.91 Å². The molecule has 0 atom stereocenters. The standard InChI is InChI=1S/C29H30N2O2S/c1-19-13-15-22(17-20(19)2)30-29-31(23-10-5-4-6-11-23)28(32)27(34-29)18-25-24-12-8-7-9-21(24)14-16-26(25)33-3/h7-9,12-18,23H,4-6,10-11H2,1-3H3/b27-18-,30-29?. The Kier molecular flexibility index (Phi) is 6.46. The van der Waals surface area contributed by atoms with Gasteiger partial charge in [-0.2, -0.15) is 0 Å². The van der Waals surface area contributed by atoms with Crippen molar-refractivity contribution in [1.82, 2.24) is 4.90 Å². The van der Waals surface area contributed by atoms with Crippen LogP contribution in [0.15, 0.2) is 64.5 Å². The Bertz CT molecular complexity index is 1300. The lowest BCUT2D eigenvalue weighted by Gasteiger charge is -2.30. The molecule has 0 N–H and O–H groups in total. The third kappa shape index (κ3) is 4.37. The normalized spacial score (nSPS) is 19.5. The zero-order chi connectivity index (χ0) is 23.7. The van der Waals surface area contributed by atoms with Crippen molar-refractivity contribution in [3.05, 3.63) is 76.2 Å². The number of ether oxygens (including phenoxy) is 1. The van der Waals surface area contributed by atoms with E-state index in [-0.39, 0.29) is 11.9 Å². The van der Waals surface area contributed by atoms with Crippen LogP contribution < -0.4 is 4.74 Å². The molecule has 1 saturated heterocycles. The predicted octanol–water partition coefficient (Wildman–Crippen LogP) is 7.40. The maximum Gasteiger partial charge on any atom is 0.267 e. The van der Waals surface area contributed by atoms with Gasteiger partial charge in [-0.1, -0.05) is 55.7 Å². The molecule has 1 heterocycles. The average molecular weight is 471 g/mol. The van der Waals surface area contributed by atoms with Gasteiger partial charge in [0.2, 0.25) is 0 Å². The zero-order valence-corrected chi connectivity index (χ0v) is 20.8. The molecule has 5 rings (SSSR count). The number of hydrogen-bond donors (Lipinski definition) is 0. The minimum Gasteiger partial charge on any atom is -0.496 e. The van der Waals surface area contributed by atoms with Gasteiger partial charge in [0, 0.05) is 11.6 Å². The first-order chi connectivity index (χ1) is 16.5. The number of carbonyl (C=O) groups excluding carboxylic acids is 1. The molecule has 1 amide bonds. The second-order valence-corrected chi connectivity index (χ2v) is 10.2. The maximum absolute atomic E-state index is 13.8. The molecule has 0 radical (unpaired) electrons. The van der Waals surface area contributed by atoms with Crippen LogP contribution in [-0.4, -0.2) is 29.1 Å². The van der Waals surface area contributed by atoms with Crippen LogP contribution in [0.5, 0.6) is 5.75 Å². The summed E-state index contributed by atoms with van der Waals surface area (Å²) >= 11 is 1.48. The van der Waals surface area contributed by atoms with E-state index in [0.717, 1.165) is 58.6 Å². The third-order valence-electron chi connectivity index (χ3n) is 6.92. The maximum atomic E-state index is 13.8. The molecule has 0 aromatic heterocycles. The molecule has 0 bridgehead atoms. The van der Waals surface area contributed by atoms with Crippen LogP contribution in [0.3, 0.4) is 0 Å². The Hall–Kier alpha value is -3.05. The number of fused-ring (bicyclic) bond motifs is 1. The van der Waals surface area contributed by atoms with Gasteiger partial charge in [0.05, 0.1) is 17.7 Å². The number of methoxy groups -OCH3 is 1. The van der Waals surface area contributed by atoms with Crippen LogP contribution in [0.4, 0.5) is 5.69 Å². The summed E-state index contributed by atoms with van der Waals surface area (Å²) in [5.74, 6) is 0.817. The van der Waals surface area contributed by atoms with Gasteiger partial charge in [-0.15, -0.1) is 0 Å². The summed E-state index contributed by atoms with van der Waals surface area (Å²) in [7, 11) is 1.68. The number of amidine groups is 1. The Morgan fingerprint density at radius 3 is 2.56 bits per heavy atom. The number of nitrogens with zero attached hydrogens (tertiary/aromatic N) is 2. The molecule has 0 unspecified atom stereocenters. The molecule has 4 nitrogen and oxygen atoms in total. The number of amides is 1. The van der Waals surface area contributed by atoms with E-state index in [2.05, 4.69) is 44.2 Å². The molecule has 2 aliphatic rings. The van der Waals surface area contributed by atoms with E-state index in [4.69, 9.17) is 9.73 Å². The van der Waals surface area contributed by atoms with E-state index in [9.17, 15) is 4.79 Å². The van der Waals surface area contributed by atoms with Gasteiger partial charge in [-0.25, -0.2) is 4.99 Å². The highest BCUT2D eigenvalue weighted by molar-refractivity contribution is 8.18. The monoisotopic (exact) mass is 470 g/mol. The van der Waals surface area contributed by atoms with Crippen LogP contribution in [0.25, 0.3) is 16.8 Å². The molecule has 1 aliphatic carbocycles. The number of aryl methyl sites for hydroxylation is 2. The van der Waals surface area contributed by atoms with Crippen molar-refractivity contribution in [2.75, 3.05) is 7.11 Å². The number of carbonyl (C=O) groups is 1. The SMILES string of the molecule is COc1ccc2ccccc2c1/C=C1\SC(=Nc2ccc(C)c(C)c2)N(C2CCCCC2)C1=O. The molecule has 3 aromatic carbocycles. The van der Waals surface area contributed by atoms with E-state index in [0.29, 0.717) is 4.91 Å². The second-order valence-electron chi connectivity index (χ2n) is 9.14. The molecule has 1 saturated carbocycles. The van der Waals surface area contributed by atoms with Crippen molar-refractivity contribution in [2.24, 2.45) is 4.99 Å². The highest BCUT2D eigenvalue weighted by Gasteiger charge is 2.39. The summed E-state index contributed by atoms with van der Waals surface area (Å²) in [6.07, 6.45) is 7.61. The van der Waals surface area contributed by atoms with Gasteiger partial charge >= 0.3 is 0 Å². The Balaban J connectivity index is 1.60. The van der Waals surface area contributed by atoms with Gasteiger partial charge in [-0.3, -0.25) is 9.69 Å². The van der Waals surface area contributed by atoms with E-state index < -0.39 is 0 Å². The number of thioether (sulfide) groups is 1. The van der Waals surface area contributed by atoms with Gasteiger partial charge in [0.1, 0.15) is 5.75 Å². The van der Waals surface area contributed by atoms with Crippen molar-refractivity contribution in [2.45, 2.75) is 52.0 Å². The Labute approximate surface area is 205 Å². The van der Waals surface area contributed by atoms with Crippen molar-refractivity contribution < 1.29 is 9.53 Å². The predicted molar refractivity (Wildman–Crippen MR) is 143 cm³/mol. The summed E-state index contributed by atoms with van der Waals surface area (Å²) in [6.45, 7) is 4.20. The molecule has 0 spiro atoms. The number of aliphatic imine (C=N–C) groups is 1. The first kappa shape index (κ1) is 22.7. The fourth-order valence-electron chi connectivity index (χ4n) is 4.87. The third-order valence-corrected chi connectivity index (χ3v) is 7.90. The van der Waals surface area contributed by atoms with Crippen molar-refractivity contribution in [3.8, 4) is 5.75 Å². The molecule has 3 aromatic rings. The molecule has 2 fully saturated rings. The fourth-order valence-corrected chi connectivity index (χ4v) is 5.91. The van der Waals surface area contributed by atoms with Crippen LogP contribution in [0.2, 0.25) is 0 Å². The van der Waals surface area contributed by atoms with Crippen molar-refractivity contribution >= 4 is 45.4 Å². The van der Waals surface area contributed by atoms with Gasteiger partial charge in [0.15, 0.2) is 5.17 Å². The number of hydrogen-bond acceptors (Lipinski definition) is 4. The highest BCUT2D eigenvalue weighted by atomic mass is 32.2. The minimum atomic E-state index is 0.0504. The second kappa shape index (κ2) is 9.67. The molecular weight excluding hydrogens is 440 g/mol. The Morgan fingerprint density at radius 1 is 1.00 bits per heavy atom. The lowest BCUT2D eigenvalue weighted by Crippen LogP contribution is -2.40. The lowest BCUT2D eigenvalue weighted by atomic mass is 9.94. The topological polar surface area (TPSA) is 41.9 Å². The number of rotatable bonds is 4. The van der Waals surface area contributed by atoms with Crippen LogP contribution in [0.1, 0.15) is 48.8 Å². The van der Waals surface area contributed by atoms with E-state index in [1.54, 1.807) is 7.11 Å². The van der Waals surface area contributed by atoms with E-state index >= 15 is 0 Å². The van der Waals surface area contributed by atoms with Crippen LogP contribution in [0, 0.1) is 13.8 Å². The van der Waals surface area contributed by atoms with Crippen molar-refractivity contribution in [1.29, 1.82) is 0 Å². The molecular formula is C29H30N2O2S. The smallest absolute Gasteiger partial charge is 0.267 e. The average Bonchev–Trinajstić information content (AvgIpc) is 3.16. The molecule has 34 heavy (non-hydrogen) atoms. The first-order valence-electron chi connectivity index (χ1n) is 12.0. The van der Waals surface area contributed by atoms with E-state index in [1.165, 1.54) is 29.3 Å². The number of benzene rings is 3. The molecule has 174 valence electrons. The van der Waals surface area contributed by atoms with Crippen molar-refractivity contribution in [3.63, 3.8) is 0 Å². The quantitative estimate of drug-likeness (QED) is 0.373. The fraction of sp³-hybridized carbons (Fsp3) is 0.310. The van der Waals surface area contributed by atoms with Crippen LogP contribution >= 0.6 is 11.8 Å². The summed E-state index contributed by atoms with van der Waals surface area (Å²) in [6, 6.07) is 18.7. The largest absolute Gasteiger partial charge is 0.496 e. The molecule has 1 aliphatic heterocycles. The summed E-state index contributed by atoms with van der Waals surface area (Å²) in [5, 5.41) is 2.98. The zero-order valence-electron chi connectivity index (χ0n) is 20.0. The highest BCUT2D eigenvalue weighted by Crippen LogP contribution is 2.40. The minimum absolute atomic E-state index is 0.0504. The first-order valence-corrected chi connectivity index (χ1v) is 12.8. The van der Waals surface area contributed by atoms with Gasteiger partial charge < -0.3 is 4.74 Å². The lowest BCUT2D eigenvalue weighted by molar-refractivity contribution is -0.124. The summed E-state index contributed by atoms with van der Waals surface area (Å²) in [4.78, 5) is 21.4. The summed E-state index contributed by atoms with van der Waals surface area (Å²) in [5.41, 5.74) is 4.28. The van der Waals surface area contributed by atoms with E-state index in [1.807, 2.05) is 35.2 Å². The van der Waals surface area contributed by atoms with Crippen LogP contribution in [-0.2, 0) is 4.79 Å². The Morgan fingerprint density at radius 2 is 1.79 bits per heavy atom. The van der Waals surface area contributed by atoms with Gasteiger partial charge in [-0.05, 0) is 84.6 Å².